The Morgan fingerprint density at radius 1 is 0.311 bits per heavy atom. The van der Waals surface area contributed by atoms with Crippen molar-refractivity contribution in [2.75, 3.05) is 13.2 Å². The fourth-order valence-corrected chi connectivity index (χ4v) is 12.8. The van der Waals surface area contributed by atoms with Crippen LogP contribution < -0.4 is 5.32 Å². The van der Waals surface area contributed by atoms with E-state index in [1.54, 1.807) is 6.08 Å². The summed E-state index contributed by atoms with van der Waals surface area (Å²) in [7, 11) is 0. The predicted molar refractivity (Wildman–Crippen MR) is 398 cm³/mol. The maximum Gasteiger partial charge on any atom is 0.305 e. The van der Waals surface area contributed by atoms with Crippen LogP contribution >= 0.6 is 0 Å². The normalized spacial score (nSPS) is 12.7. The first-order valence-electron chi connectivity index (χ1n) is 40.9. The summed E-state index contributed by atoms with van der Waals surface area (Å²) in [5.74, 6) is -0.0551. The molecule has 6 heteroatoms. The molecule has 0 heterocycles. The number of nitrogens with one attached hydrogen (secondary N) is 1. The van der Waals surface area contributed by atoms with Gasteiger partial charge in [0.1, 0.15) is 0 Å². The number of esters is 1. The second-order valence-electron chi connectivity index (χ2n) is 28.1. The number of hydrogen-bond donors (Lipinski definition) is 3. The van der Waals surface area contributed by atoms with Crippen LogP contribution in [0.2, 0.25) is 0 Å². The SMILES string of the molecule is CCCCC/C=C\C/C=C\CCCCCCCC(=O)OCCCCCCCCCCCCCC/C=C\CCCCCCCCCCCCCCCCCCCC(=O)NC(CO)C(O)/C=C/CCCCCCCCCCCCCCCCCCCCCCCCC. The van der Waals surface area contributed by atoms with E-state index in [-0.39, 0.29) is 18.5 Å². The molecule has 0 aromatic heterocycles. The summed E-state index contributed by atoms with van der Waals surface area (Å²) in [4.78, 5) is 24.6. The van der Waals surface area contributed by atoms with Crippen LogP contribution in [0.25, 0.3) is 0 Å². The highest BCUT2D eigenvalue weighted by atomic mass is 16.5. The van der Waals surface area contributed by atoms with E-state index in [2.05, 4.69) is 55.6 Å². The van der Waals surface area contributed by atoms with E-state index in [4.69, 9.17) is 4.74 Å². The van der Waals surface area contributed by atoms with Crippen molar-refractivity contribution in [1.82, 2.24) is 5.32 Å². The molecule has 0 aromatic rings. The number of amides is 1. The molecular weight excluding hydrogens is 1100 g/mol. The Balaban J connectivity index is 3.38. The number of carbonyl (C=O) groups is 2. The molecule has 0 aliphatic carbocycles. The van der Waals surface area contributed by atoms with Crippen LogP contribution in [0.15, 0.2) is 48.6 Å². The highest BCUT2D eigenvalue weighted by Gasteiger charge is 2.18. The summed E-state index contributed by atoms with van der Waals surface area (Å²) < 4.78 is 5.49. The van der Waals surface area contributed by atoms with Gasteiger partial charge >= 0.3 is 5.97 Å². The van der Waals surface area contributed by atoms with Crippen LogP contribution in [0, 0.1) is 0 Å². The van der Waals surface area contributed by atoms with Gasteiger partial charge in [0.15, 0.2) is 0 Å². The van der Waals surface area contributed by atoms with Crippen LogP contribution in [0.3, 0.4) is 0 Å². The van der Waals surface area contributed by atoms with Crippen molar-refractivity contribution in [3.63, 3.8) is 0 Å². The van der Waals surface area contributed by atoms with Crippen molar-refractivity contribution in [3.8, 4) is 0 Å². The Morgan fingerprint density at radius 3 is 0.878 bits per heavy atom. The second kappa shape index (κ2) is 79.3. The Morgan fingerprint density at radius 2 is 0.556 bits per heavy atom. The van der Waals surface area contributed by atoms with Gasteiger partial charge in [-0.05, 0) is 89.9 Å². The third-order valence-electron chi connectivity index (χ3n) is 19.1. The molecule has 0 saturated carbocycles. The van der Waals surface area contributed by atoms with Crippen molar-refractivity contribution < 1.29 is 24.5 Å². The molecule has 0 radical (unpaired) electrons. The summed E-state index contributed by atoms with van der Waals surface area (Å²) in [6, 6.07) is -0.628. The highest BCUT2D eigenvalue weighted by molar-refractivity contribution is 5.76. The van der Waals surface area contributed by atoms with Crippen molar-refractivity contribution in [2.45, 2.75) is 463 Å². The Hall–Kier alpha value is -2.18. The summed E-state index contributed by atoms with van der Waals surface area (Å²) >= 11 is 0. The quantitative estimate of drug-likeness (QED) is 0.0320. The monoisotopic (exact) mass is 1260 g/mol. The molecule has 0 spiro atoms. The van der Waals surface area contributed by atoms with E-state index in [1.807, 2.05) is 6.08 Å². The number of allylic oxidation sites excluding steroid dienone is 7. The zero-order valence-corrected chi connectivity index (χ0v) is 60.9. The minimum atomic E-state index is -0.845. The van der Waals surface area contributed by atoms with E-state index in [1.165, 1.54) is 372 Å². The van der Waals surface area contributed by atoms with Crippen molar-refractivity contribution >= 4 is 11.9 Å². The molecule has 0 bridgehead atoms. The molecule has 0 aliphatic rings. The zero-order valence-electron chi connectivity index (χ0n) is 60.9. The Bertz CT molecular complexity index is 1500. The van der Waals surface area contributed by atoms with Gasteiger partial charge in [-0.25, -0.2) is 0 Å². The molecule has 6 nitrogen and oxygen atoms in total. The molecule has 0 aromatic carbocycles. The standard InChI is InChI=1S/C84H159NO5/c1-3-5-7-9-11-13-15-17-19-20-21-22-23-33-36-39-42-45-49-52-56-60-64-68-72-76-82(87)81(80-86)85-83(88)77-73-69-65-61-57-53-50-46-43-40-37-34-31-29-27-25-24-26-28-30-32-35-38-41-44-47-51-55-59-63-67-71-75-79-90-84(89)78-74-70-66-62-58-54-48-18-16-14-12-10-8-6-4-2/h12,14,18,28,30,48,72,76,81-82,86-87H,3-11,13,15-17,19-27,29,31-47,49-71,73-75,77-80H2,1-2H3,(H,85,88)/b14-12-,30-28-,48-18-,76-72+. The van der Waals surface area contributed by atoms with Crippen molar-refractivity contribution in [1.29, 1.82) is 0 Å². The average Bonchev–Trinajstić information content (AvgIpc) is 3.61. The van der Waals surface area contributed by atoms with E-state index in [0.29, 0.717) is 19.4 Å². The Labute approximate surface area is 563 Å². The number of rotatable bonds is 77. The average molecular weight is 1260 g/mol. The van der Waals surface area contributed by atoms with E-state index < -0.39 is 12.1 Å². The van der Waals surface area contributed by atoms with E-state index in [9.17, 15) is 19.8 Å². The molecule has 0 rings (SSSR count). The lowest BCUT2D eigenvalue weighted by molar-refractivity contribution is -0.143. The van der Waals surface area contributed by atoms with Crippen LogP contribution in [0.4, 0.5) is 0 Å². The summed E-state index contributed by atoms with van der Waals surface area (Å²) in [6.07, 6.45) is 105. The fourth-order valence-electron chi connectivity index (χ4n) is 12.8. The fraction of sp³-hybridized carbons (Fsp3) is 0.881. The van der Waals surface area contributed by atoms with Gasteiger partial charge in [0.05, 0.1) is 25.4 Å². The summed E-state index contributed by atoms with van der Waals surface area (Å²) in [6.45, 7) is 4.92. The molecule has 2 atom stereocenters. The molecule has 0 fully saturated rings. The van der Waals surface area contributed by atoms with Gasteiger partial charge in [0.2, 0.25) is 5.91 Å². The minimum absolute atomic E-state index is 0.00490. The lowest BCUT2D eigenvalue weighted by Crippen LogP contribution is -2.45. The van der Waals surface area contributed by atoms with E-state index in [0.717, 1.165) is 51.4 Å². The first kappa shape index (κ1) is 87.8. The summed E-state index contributed by atoms with van der Waals surface area (Å²) in [5.41, 5.74) is 0. The second-order valence-corrected chi connectivity index (χ2v) is 28.1. The van der Waals surface area contributed by atoms with Crippen molar-refractivity contribution in [3.05, 3.63) is 48.6 Å². The van der Waals surface area contributed by atoms with Crippen molar-refractivity contribution in [2.24, 2.45) is 0 Å². The Kier molecular flexibility index (Phi) is 77.3. The first-order chi connectivity index (χ1) is 44.5. The molecule has 0 aliphatic heterocycles. The largest absolute Gasteiger partial charge is 0.466 e. The van der Waals surface area contributed by atoms with Gasteiger partial charge < -0.3 is 20.3 Å². The molecule has 3 N–H and O–H groups in total. The first-order valence-corrected chi connectivity index (χ1v) is 40.9. The van der Waals surface area contributed by atoms with Gasteiger partial charge in [-0.15, -0.1) is 0 Å². The van der Waals surface area contributed by atoms with Gasteiger partial charge in [0, 0.05) is 12.8 Å². The smallest absolute Gasteiger partial charge is 0.305 e. The number of aliphatic hydroxyl groups excluding tert-OH is 2. The van der Waals surface area contributed by atoms with Crippen LogP contribution in [-0.2, 0) is 14.3 Å². The summed E-state index contributed by atoms with van der Waals surface area (Å²) in [5, 5.41) is 23.3. The third kappa shape index (κ3) is 74.9. The number of aliphatic hydroxyl groups is 2. The molecule has 1 amide bonds. The minimum Gasteiger partial charge on any atom is -0.466 e. The number of carbonyl (C=O) groups excluding carboxylic acids is 2. The number of ether oxygens (including phenoxy) is 1. The van der Waals surface area contributed by atoms with Gasteiger partial charge in [0.25, 0.3) is 0 Å². The van der Waals surface area contributed by atoms with E-state index >= 15 is 0 Å². The maximum absolute atomic E-state index is 12.6. The third-order valence-corrected chi connectivity index (χ3v) is 19.1. The van der Waals surface area contributed by atoms with Crippen LogP contribution in [0.1, 0.15) is 450 Å². The maximum atomic E-state index is 12.6. The highest BCUT2D eigenvalue weighted by Crippen LogP contribution is 2.20. The molecular formula is C84H159NO5. The topological polar surface area (TPSA) is 95.9 Å². The molecule has 530 valence electrons. The lowest BCUT2D eigenvalue weighted by atomic mass is 10.0. The van der Waals surface area contributed by atoms with Gasteiger partial charge in [-0.2, -0.15) is 0 Å². The molecule has 2 unspecified atom stereocenters. The van der Waals surface area contributed by atoms with Crippen LogP contribution in [-0.4, -0.2) is 47.4 Å². The van der Waals surface area contributed by atoms with Crippen LogP contribution in [0.5, 0.6) is 0 Å². The zero-order chi connectivity index (χ0) is 64.9. The van der Waals surface area contributed by atoms with Gasteiger partial charge in [-0.1, -0.05) is 396 Å². The molecule has 0 saturated heterocycles. The lowest BCUT2D eigenvalue weighted by Gasteiger charge is -2.20. The number of hydrogen-bond acceptors (Lipinski definition) is 5. The van der Waals surface area contributed by atoms with Gasteiger partial charge in [-0.3, -0.25) is 9.59 Å². The number of unbranched alkanes of at least 4 members (excludes halogenated alkanes) is 60. The molecule has 90 heavy (non-hydrogen) atoms. The predicted octanol–water partition coefficient (Wildman–Crippen LogP) is 27.2.